The van der Waals surface area contributed by atoms with E-state index in [1.165, 1.54) is 10.7 Å². The van der Waals surface area contributed by atoms with Crippen LogP contribution in [0.3, 0.4) is 0 Å². The molecule has 0 saturated carbocycles. The van der Waals surface area contributed by atoms with Gasteiger partial charge in [-0.3, -0.25) is 9.59 Å². The molecule has 0 fully saturated rings. The molecule has 0 spiro atoms. The number of nitrogens with zero attached hydrogens (tertiary/aromatic N) is 3. The highest BCUT2D eigenvalue weighted by atomic mass is 19.1. The topological polar surface area (TPSA) is 88.9 Å². The minimum Gasteiger partial charge on any atom is -0.337 e. The van der Waals surface area contributed by atoms with E-state index < -0.39 is 17.8 Å². The van der Waals surface area contributed by atoms with Crippen LogP contribution in [0.25, 0.3) is 5.69 Å². The molecule has 1 aromatic heterocycles. The number of benzene rings is 2. The normalized spacial score (nSPS) is 15.9. The van der Waals surface area contributed by atoms with E-state index in [1.807, 2.05) is 31.2 Å². The number of carbonyl (C=O) groups excluding carboxylic acids is 2. The third-order valence-electron chi connectivity index (χ3n) is 4.87. The average molecular weight is 393 g/mol. The number of carbonyl (C=O) groups is 2. The van der Waals surface area contributed by atoms with Crippen molar-refractivity contribution in [1.29, 1.82) is 0 Å². The van der Waals surface area contributed by atoms with Crippen LogP contribution in [0.5, 0.6) is 0 Å². The fraction of sp³-hybridized carbons (Fsp3) is 0.238. The van der Waals surface area contributed by atoms with Gasteiger partial charge in [-0.1, -0.05) is 37.3 Å². The maximum absolute atomic E-state index is 14.2. The Morgan fingerprint density at radius 1 is 1.24 bits per heavy atom. The van der Waals surface area contributed by atoms with Crippen molar-refractivity contribution < 1.29 is 14.0 Å². The maximum atomic E-state index is 14.2. The molecular formula is C21H20FN5O2. The van der Waals surface area contributed by atoms with Gasteiger partial charge in [0.2, 0.25) is 11.7 Å². The SMILES string of the molecule is CCc1nc(C(=O)NC2CCc3ccccc3NC2=O)nn1-c1ccccc1F. The summed E-state index contributed by atoms with van der Waals surface area (Å²) in [7, 11) is 0. The number of hydrogen-bond acceptors (Lipinski definition) is 4. The molecule has 1 aliphatic heterocycles. The predicted octanol–water partition coefficient (Wildman–Crippen LogP) is 2.65. The summed E-state index contributed by atoms with van der Waals surface area (Å²) in [4.78, 5) is 29.5. The number of fused-ring (bicyclic) bond motifs is 1. The van der Waals surface area contributed by atoms with Crippen LogP contribution in [0, 0.1) is 5.82 Å². The third-order valence-corrected chi connectivity index (χ3v) is 4.87. The van der Waals surface area contributed by atoms with Crippen LogP contribution in [0.4, 0.5) is 10.1 Å². The summed E-state index contributed by atoms with van der Waals surface area (Å²) < 4.78 is 15.5. The molecule has 2 N–H and O–H groups in total. The first kappa shape index (κ1) is 18.8. The van der Waals surface area contributed by atoms with Gasteiger partial charge in [-0.2, -0.15) is 0 Å². The number of anilines is 1. The van der Waals surface area contributed by atoms with E-state index in [0.29, 0.717) is 25.1 Å². The number of nitrogens with one attached hydrogen (secondary N) is 2. The van der Waals surface area contributed by atoms with Gasteiger partial charge in [0.05, 0.1) is 0 Å². The smallest absolute Gasteiger partial charge is 0.291 e. The van der Waals surface area contributed by atoms with Gasteiger partial charge in [-0.05, 0) is 36.6 Å². The lowest BCUT2D eigenvalue weighted by Gasteiger charge is -2.13. The molecule has 4 rings (SSSR count). The highest BCUT2D eigenvalue weighted by molar-refractivity contribution is 6.00. The Labute approximate surface area is 167 Å². The van der Waals surface area contributed by atoms with Gasteiger partial charge in [0.15, 0.2) is 0 Å². The van der Waals surface area contributed by atoms with Crippen LogP contribution < -0.4 is 10.6 Å². The van der Waals surface area contributed by atoms with Crippen LogP contribution in [0.15, 0.2) is 48.5 Å². The molecule has 7 nitrogen and oxygen atoms in total. The summed E-state index contributed by atoms with van der Waals surface area (Å²) in [6.07, 6.45) is 1.58. The molecule has 1 aliphatic rings. The van der Waals surface area contributed by atoms with Gasteiger partial charge in [0, 0.05) is 12.1 Å². The van der Waals surface area contributed by atoms with E-state index in [0.717, 1.165) is 11.3 Å². The van der Waals surface area contributed by atoms with Crippen molar-refractivity contribution in [3.63, 3.8) is 0 Å². The second-order valence-corrected chi connectivity index (χ2v) is 6.78. The van der Waals surface area contributed by atoms with Crippen molar-refractivity contribution >= 4 is 17.5 Å². The van der Waals surface area contributed by atoms with Crippen LogP contribution in [0.2, 0.25) is 0 Å². The quantitative estimate of drug-likeness (QED) is 0.713. The van der Waals surface area contributed by atoms with Crippen LogP contribution in [-0.4, -0.2) is 32.6 Å². The van der Waals surface area contributed by atoms with Gasteiger partial charge in [-0.15, -0.1) is 5.10 Å². The number of para-hydroxylation sites is 2. The largest absolute Gasteiger partial charge is 0.337 e. The van der Waals surface area contributed by atoms with Crippen molar-refractivity contribution in [2.75, 3.05) is 5.32 Å². The molecule has 0 radical (unpaired) electrons. The summed E-state index contributed by atoms with van der Waals surface area (Å²) in [5, 5.41) is 9.74. The minimum atomic E-state index is -0.708. The molecule has 8 heteroatoms. The number of aromatic nitrogens is 3. The molecule has 148 valence electrons. The van der Waals surface area contributed by atoms with Crippen molar-refractivity contribution in [2.45, 2.75) is 32.2 Å². The van der Waals surface area contributed by atoms with E-state index in [9.17, 15) is 14.0 Å². The van der Waals surface area contributed by atoms with Crippen LogP contribution in [-0.2, 0) is 17.6 Å². The molecule has 2 amide bonds. The fourth-order valence-electron chi connectivity index (χ4n) is 3.36. The number of aryl methyl sites for hydroxylation is 2. The standard InChI is InChI=1S/C21H20FN5O2/c1-2-18-25-19(26-27(18)17-10-6-4-8-14(17)22)21(29)24-16-12-11-13-7-3-5-9-15(13)23-20(16)28/h3-10,16H,2,11-12H2,1H3,(H,23,28)(H,24,29). The van der Waals surface area contributed by atoms with Crippen LogP contribution in [0.1, 0.15) is 35.4 Å². The molecule has 1 unspecified atom stereocenters. The number of halogens is 1. The lowest BCUT2D eigenvalue weighted by molar-refractivity contribution is -0.118. The minimum absolute atomic E-state index is 0.0975. The molecule has 0 aliphatic carbocycles. The highest BCUT2D eigenvalue weighted by Gasteiger charge is 2.27. The van der Waals surface area contributed by atoms with Gasteiger partial charge in [0.25, 0.3) is 5.91 Å². The number of hydrogen-bond donors (Lipinski definition) is 2. The Morgan fingerprint density at radius 3 is 2.79 bits per heavy atom. The van der Waals surface area contributed by atoms with Crippen molar-refractivity contribution in [3.8, 4) is 5.69 Å². The summed E-state index contributed by atoms with van der Waals surface area (Å²) in [6.45, 7) is 1.85. The van der Waals surface area contributed by atoms with Gasteiger partial charge in [0.1, 0.15) is 23.4 Å². The second kappa shape index (κ2) is 7.83. The van der Waals surface area contributed by atoms with Crippen LogP contribution >= 0.6 is 0 Å². The van der Waals surface area contributed by atoms with Crippen molar-refractivity contribution in [1.82, 2.24) is 20.1 Å². The first-order valence-corrected chi connectivity index (χ1v) is 9.47. The Bertz CT molecular complexity index is 1080. The lowest BCUT2D eigenvalue weighted by Crippen LogP contribution is -2.43. The summed E-state index contributed by atoms with van der Waals surface area (Å²) in [6, 6.07) is 13.0. The first-order chi connectivity index (χ1) is 14.1. The molecule has 29 heavy (non-hydrogen) atoms. The molecule has 0 bridgehead atoms. The number of amides is 2. The Kier molecular flexibility index (Phi) is 5.07. The zero-order valence-corrected chi connectivity index (χ0v) is 15.9. The molecule has 2 aromatic carbocycles. The van der Waals surface area contributed by atoms with Crippen molar-refractivity contribution in [3.05, 3.63) is 71.6 Å². The van der Waals surface area contributed by atoms with Gasteiger partial charge < -0.3 is 10.6 Å². The molecule has 0 saturated heterocycles. The van der Waals surface area contributed by atoms with Gasteiger partial charge >= 0.3 is 0 Å². The zero-order chi connectivity index (χ0) is 20.4. The Morgan fingerprint density at radius 2 is 2.00 bits per heavy atom. The van der Waals surface area contributed by atoms with E-state index in [-0.39, 0.29) is 17.4 Å². The fourth-order valence-corrected chi connectivity index (χ4v) is 3.36. The third kappa shape index (κ3) is 3.73. The van der Waals surface area contributed by atoms with E-state index in [1.54, 1.807) is 18.2 Å². The monoisotopic (exact) mass is 393 g/mol. The molecule has 2 heterocycles. The van der Waals surface area contributed by atoms with E-state index in [4.69, 9.17) is 0 Å². The first-order valence-electron chi connectivity index (χ1n) is 9.47. The lowest BCUT2D eigenvalue weighted by atomic mass is 10.1. The van der Waals surface area contributed by atoms with Gasteiger partial charge in [-0.25, -0.2) is 14.1 Å². The maximum Gasteiger partial charge on any atom is 0.291 e. The molecular weight excluding hydrogens is 373 g/mol. The molecule has 3 aromatic rings. The van der Waals surface area contributed by atoms with Crippen molar-refractivity contribution in [2.24, 2.45) is 0 Å². The predicted molar refractivity (Wildman–Crippen MR) is 105 cm³/mol. The zero-order valence-electron chi connectivity index (χ0n) is 15.9. The summed E-state index contributed by atoms with van der Waals surface area (Å²) in [5.74, 6) is -0.953. The highest BCUT2D eigenvalue weighted by Crippen LogP contribution is 2.21. The molecule has 1 atom stereocenters. The Hall–Kier alpha value is -3.55. The average Bonchev–Trinajstić information content (AvgIpc) is 3.09. The summed E-state index contributed by atoms with van der Waals surface area (Å²) in [5.41, 5.74) is 2.00. The van der Waals surface area contributed by atoms with E-state index >= 15 is 0 Å². The number of rotatable bonds is 4. The Balaban J connectivity index is 1.55. The second-order valence-electron chi connectivity index (χ2n) is 6.78. The summed E-state index contributed by atoms with van der Waals surface area (Å²) >= 11 is 0. The van der Waals surface area contributed by atoms with E-state index in [2.05, 4.69) is 20.7 Å².